The van der Waals surface area contributed by atoms with Gasteiger partial charge in [-0.05, 0) is 6.07 Å². The van der Waals surface area contributed by atoms with Crippen molar-refractivity contribution in [2.24, 2.45) is 0 Å². The van der Waals surface area contributed by atoms with Crippen molar-refractivity contribution in [1.82, 2.24) is 25.0 Å². The first-order valence-corrected chi connectivity index (χ1v) is 7.74. The van der Waals surface area contributed by atoms with E-state index in [1.807, 2.05) is 22.3 Å². The lowest BCUT2D eigenvalue weighted by Gasteiger charge is -2.32. The van der Waals surface area contributed by atoms with Crippen molar-refractivity contribution in [3.05, 3.63) is 35.0 Å². The molecule has 1 aliphatic heterocycles. The molecule has 0 bridgehead atoms. The number of aromatic nitrogens is 3. The van der Waals surface area contributed by atoms with Gasteiger partial charge in [0.05, 0.1) is 43.5 Å². The van der Waals surface area contributed by atoms with Crippen LogP contribution in [0.15, 0.2) is 29.4 Å². The molecular formula is C13H17N5O2S. The van der Waals surface area contributed by atoms with E-state index >= 15 is 0 Å². The summed E-state index contributed by atoms with van der Waals surface area (Å²) < 4.78 is 7.51. The molecule has 21 heavy (non-hydrogen) atoms. The van der Waals surface area contributed by atoms with Gasteiger partial charge in [-0.25, -0.2) is 9.78 Å². The highest BCUT2D eigenvalue weighted by Gasteiger charge is 2.24. The smallest absolute Gasteiger partial charge is 0.317 e. The van der Waals surface area contributed by atoms with Crippen LogP contribution in [0.3, 0.4) is 0 Å². The number of amides is 2. The summed E-state index contributed by atoms with van der Waals surface area (Å²) in [6, 6.07) is 1.80. The van der Waals surface area contributed by atoms with Crippen LogP contribution in [0.4, 0.5) is 4.79 Å². The number of thiazole rings is 1. The molecule has 0 saturated carbocycles. The van der Waals surface area contributed by atoms with Gasteiger partial charge in [0.2, 0.25) is 0 Å². The van der Waals surface area contributed by atoms with Crippen LogP contribution >= 0.6 is 11.3 Å². The van der Waals surface area contributed by atoms with E-state index in [1.165, 1.54) is 11.3 Å². The van der Waals surface area contributed by atoms with Crippen LogP contribution in [0.2, 0.25) is 0 Å². The molecular weight excluding hydrogens is 290 g/mol. The second kappa shape index (κ2) is 6.68. The number of rotatable bonds is 4. The van der Waals surface area contributed by atoms with Gasteiger partial charge in [-0.15, -0.1) is 11.3 Å². The third-order valence-electron chi connectivity index (χ3n) is 3.28. The van der Waals surface area contributed by atoms with Gasteiger partial charge in [0, 0.05) is 24.3 Å². The number of nitrogens with one attached hydrogen (secondary N) is 1. The summed E-state index contributed by atoms with van der Waals surface area (Å²) >= 11 is 1.52. The summed E-state index contributed by atoms with van der Waals surface area (Å²) in [6.45, 7) is 2.85. The molecule has 0 radical (unpaired) electrons. The Kier molecular flexibility index (Phi) is 4.46. The Bertz CT molecular complexity index is 557. The van der Waals surface area contributed by atoms with Crippen LogP contribution in [0.5, 0.6) is 0 Å². The Morgan fingerprint density at radius 1 is 1.57 bits per heavy atom. The van der Waals surface area contributed by atoms with Gasteiger partial charge in [-0.3, -0.25) is 4.68 Å². The maximum atomic E-state index is 12.2. The summed E-state index contributed by atoms with van der Waals surface area (Å²) in [4.78, 5) is 18.1. The lowest BCUT2D eigenvalue weighted by Crippen LogP contribution is -2.50. The minimum atomic E-state index is -0.0724. The summed E-state index contributed by atoms with van der Waals surface area (Å²) in [6.07, 6.45) is 3.61. The predicted molar refractivity (Wildman–Crippen MR) is 77.9 cm³/mol. The van der Waals surface area contributed by atoms with Crippen LogP contribution in [0, 0.1) is 0 Å². The van der Waals surface area contributed by atoms with E-state index in [4.69, 9.17) is 4.74 Å². The Morgan fingerprint density at radius 2 is 2.52 bits per heavy atom. The van der Waals surface area contributed by atoms with E-state index < -0.39 is 0 Å². The van der Waals surface area contributed by atoms with Crippen molar-refractivity contribution in [1.29, 1.82) is 0 Å². The van der Waals surface area contributed by atoms with Crippen LogP contribution in [0.25, 0.3) is 0 Å². The van der Waals surface area contributed by atoms with Gasteiger partial charge in [-0.2, -0.15) is 5.10 Å². The summed E-state index contributed by atoms with van der Waals surface area (Å²) in [5.41, 5.74) is 2.64. The average molecular weight is 307 g/mol. The fourth-order valence-electron chi connectivity index (χ4n) is 2.23. The molecule has 0 spiro atoms. The number of carbonyl (C=O) groups excluding carboxylic acids is 1. The van der Waals surface area contributed by atoms with Crippen molar-refractivity contribution < 1.29 is 9.53 Å². The molecule has 2 aromatic rings. The van der Waals surface area contributed by atoms with Gasteiger partial charge in [-0.1, -0.05) is 0 Å². The van der Waals surface area contributed by atoms with Gasteiger partial charge in [0.15, 0.2) is 0 Å². The third-order valence-corrected chi connectivity index (χ3v) is 3.92. The van der Waals surface area contributed by atoms with Crippen LogP contribution < -0.4 is 5.32 Å². The standard InChI is InChI=1S/C13H17N5O2S/c19-13(14-6-11-9-21-10-15-11)17-4-5-20-12(7-17)8-18-3-1-2-16-18/h1-3,9-10,12H,4-8H2,(H,14,19)/t12-/m1/s1. The summed E-state index contributed by atoms with van der Waals surface area (Å²) in [5.74, 6) is 0. The first-order chi connectivity index (χ1) is 10.3. The molecule has 8 heteroatoms. The molecule has 0 aliphatic carbocycles. The second-order valence-corrected chi connectivity index (χ2v) is 5.52. The molecule has 2 amide bonds. The number of nitrogens with zero attached hydrogens (tertiary/aromatic N) is 4. The predicted octanol–water partition coefficient (Wildman–Crippen LogP) is 0.950. The number of urea groups is 1. The maximum Gasteiger partial charge on any atom is 0.317 e. The largest absolute Gasteiger partial charge is 0.373 e. The molecule has 1 saturated heterocycles. The average Bonchev–Trinajstić information content (AvgIpc) is 3.18. The Labute approximate surface area is 126 Å². The van der Waals surface area contributed by atoms with Crippen molar-refractivity contribution in [3.8, 4) is 0 Å². The molecule has 1 N–H and O–H groups in total. The summed E-state index contributed by atoms with van der Waals surface area (Å²) in [7, 11) is 0. The Hall–Kier alpha value is -1.93. The van der Waals surface area contributed by atoms with Gasteiger partial charge in [0.25, 0.3) is 0 Å². The highest BCUT2D eigenvalue weighted by molar-refractivity contribution is 7.07. The van der Waals surface area contributed by atoms with E-state index in [2.05, 4.69) is 15.4 Å². The van der Waals surface area contributed by atoms with Gasteiger partial charge in [0.1, 0.15) is 0 Å². The van der Waals surface area contributed by atoms with Crippen molar-refractivity contribution >= 4 is 17.4 Å². The number of hydrogen-bond acceptors (Lipinski definition) is 5. The zero-order valence-corrected chi connectivity index (χ0v) is 12.3. The second-order valence-electron chi connectivity index (χ2n) is 4.81. The minimum absolute atomic E-state index is 0.0244. The quantitative estimate of drug-likeness (QED) is 0.913. The fourth-order valence-corrected chi connectivity index (χ4v) is 2.79. The van der Waals surface area contributed by atoms with E-state index in [9.17, 15) is 4.79 Å². The molecule has 3 rings (SSSR count). The first-order valence-electron chi connectivity index (χ1n) is 6.80. The van der Waals surface area contributed by atoms with Crippen molar-refractivity contribution in [2.75, 3.05) is 19.7 Å². The van der Waals surface area contributed by atoms with Crippen LogP contribution in [0.1, 0.15) is 5.69 Å². The number of carbonyl (C=O) groups is 1. The molecule has 0 unspecified atom stereocenters. The first kappa shape index (κ1) is 14.0. The molecule has 3 heterocycles. The van der Waals surface area contributed by atoms with Crippen molar-refractivity contribution in [2.45, 2.75) is 19.2 Å². The van der Waals surface area contributed by atoms with Crippen LogP contribution in [-0.2, 0) is 17.8 Å². The molecule has 1 fully saturated rings. The topological polar surface area (TPSA) is 72.3 Å². The van der Waals surface area contributed by atoms with E-state index in [-0.39, 0.29) is 12.1 Å². The lowest BCUT2D eigenvalue weighted by atomic mass is 10.3. The highest BCUT2D eigenvalue weighted by Crippen LogP contribution is 2.08. The van der Waals surface area contributed by atoms with Gasteiger partial charge < -0.3 is 15.0 Å². The molecule has 112 valence electrons. The van der Waals surface area contributed by atoms with Gasteiger partial charge >= 0.3 is 6.03 Å². The van der Waals surface area contributed by atoms with E-state index in [0.29, 0.717) is 32.8 Å². The monoisotopic (exact) mass is 307 g/mol. The fraction of sp³-hybridized carbons (Fsp3) is 0.462. The minimum Gasteiger partial charge on any atom is -0.373 e. The zero-order chi connectivity index (χ0) is 14.5. The molecule has 1 atom stereocenters. The molecule has 7 nitrogen and oxygen atoms in total. The van der Waals surface area contributed by atoms with Crippen LogP contribution in [-0.4, -0.2) is 51.5 Å². The lowest BCUT2D eigenvalue weighted by molar-refractivity contribution is -0.0237. The maximum absolute atomic E-state index is 12.2. The van der Waals surface area contributed by atoms with Crippen molar-refractivity contribution in [3.63, 3.8) is 0 Å². The molecule has 0 aromatic carbocycles. The van der Waals surface area contributed by atoms with E-state index in [1.54, 1.807) is 16.6 Å². The summed E-state index contributed by atoms with van der Waals surface area (Å²) in [5, 5.41) is 8.98. The highest BCUT2D eigenvalue weighted by atomic mass is 32.1. The number of ether oxygens (including phenoxy) is 1. The SMILES string of the molecule is O=C(NCc1cscn1)N1CCO[C@@H](Cn2cccn2)C1. The third kappa shape index (κ3) is 3.79. The Morgan fingerprint density at radius 3 is 3.29 bits per heavy atom. The number of morpholine rings is 1. The number of hydrogen-bond donors (Lipinski definition) is 1. The van der Waals surface area contributed by atoms with E-state index in [0.717, 1.165) is 5.69 Å². The Balaban J connectivity index is 1.49. The normalized spacial score (nSPS) is 18.7. The zero-order valence-electron chi connectivity index (χ0n) is 11.5. The molecule has 1 aliphatic rings. The molecule has 2 aromatic heterocycles.